The Labute approximate surface area is 120 Å². The Morgan fingerprint density at radius 2 is 1.89 bits per heavy atom. The first kappa shape index (κ1) is 14.0. The van der Waals surface area contributed by atoms with Gasteiger partial charge in [-0.05, 0) is 48.8 Å². The number of hydrogen-bond donors (Lipinski definition) is 1. The standard InChI is InChI=1S/C15H21Cl2N/c1-10-6-12(9-15(2,3)8-10)18-11-4-5-13(16)14(17)7-11/h4-5,7,10,12,18H,6,8-9H2,1-3H3. The van der Waals surface area contributed by atoms with E-state index in [0.717, 1.165) is 11.6 Å². The highest BCUT2D eigenvalue weighted by atomic mass is 35.5. The van der Waals surface area contributed by atoms with Gasteiger partial charge in [-0.2, -0.15) is 0 Å². The zero-order chi connectivity index (χ0) is 13.3. The highest BCUT2D eigenvalue weighted by Crippen LogP contribution is 2.39. The van der Waals surface area contributed by atoms with Gasteiger partial charge >= 0.3 is 0 Å². The molecule has 1 aliphatic rings. The van der Waals surface area contributed by atoms with Gasteiger partial charge in [0.05, 0.1) is 10.0 Å². The van der Waals surface area contributed by atoms with Crippen molar-refractivity contribution in [3.63, 3.8) is 0 Å². The van der Waals surface area contributed by atoms with Gasteiger partial charge in [-0.25, -0.2) is 0 Å². The molecule has 1 aromatic carbocycles. The third kappa shape index (κ3) is 3.55. The maximum Gasteiger partial charge on any atom is 0.0612 e. The van der Waals surface area contributed by atoms with Gasteiger partial charge in [0.15, 0.2) is 0 Å². The summed E-state index contributed by atoms with van der Waals surface area (Å²) in [4.78, 5) is 0. The second-order valence-electron chi connectivity index (χ2n) is 6.38. The van der Waals surface area contributed by atoms with Crippen molar-refractivity contribution in [1.82, 2.24) is 0 Å². The van der Waals surface area contributed by atoms with Crippen molar-refractivity contribution in [3.05, 3.63) is 28.2 Å². The minimum atomic E-state index is 0.422. The zero-order valence-corrected chi connectivity index (χ0v) is 12.8. The monoisotopic (exact) mass is 285 g/mol. The lowest BCUT2D eigenvalue weighted by molar-refractivity contribution is 0.178. The van der Waals surface area contributed by atoms with Crippen LogP contribution in [-0.2, 0) is 0 Å². The molecule has 0 aliphatic heterocycles. The third-order valence-corrected chi connectivity index (χ3v) is 4.42. The van der Waals surface area contributed by atoms with Crippen molar-refractivity contribution in [1.29, 1.82) is 0 Å². The fourth-order valence-corrected chi connectivity index (χ4v) is 3.58. The molecule has 1 aromatic rings. The molecule has 1 aliphatic carbocycles. The summed E-state index contributed by atoms with van der Waals surface area (Å²) < 4.78 is 0. The van der Waals surface area contributed by atoms with E-state index in [1.807, 2.05) is 18.2 Å². The summed E-state index contributed by atoms with van der Waals surface area (Å²) in [5.74, 6) is 0.772. The van der Waals surface area contributed by atoms with Gasteiger partial charge in [-0.1, -0.05) is 44.0 Å². The molecule has 2 atom stereocenters. The van der Waals surface area contributed by atoms with Gasteiger partial charge in [-0.15, -0.1) is 0 Å². The molecular weight excluding hydrogens is 265 g/mol. The SMILES string of the molecule is CC1CC(Nc2ccc(Cl)c(Cl)c2)CC(C)(C)C1. The van der Waals surface area contributed by atoms with Crippen LogP contribution in [0.5, 0.6) is 0 Å². The summed E-state index contributed by atoms with van der Waals surface area (Å²) in [6, 6.07) is 6.29. The summed E-state index contributed by atoms with van der Waals surface area (Å²) in [7, 11) is 0. The highest BCUT2D eigenvalue weighted by molar-refractivity contribution is 6.42. The first-order chi connectivity index (χ1) is 8.35. The van der Waals surface area contributed by atoms with E-state index in [0.29, 0.717) is 21.5 Å². The zero-order valence-electron chi connectivity index (χ0n) is 11.3. The normalized spacial score (nSPS) is 26.9. The predicted octanol–water partition coefficient (Wildman–Crippen LogP) is 5.62. The molecule has 0 saturated heterocycles. The topological polar surface area (TPSA) is 12.0 Å². The Balaban J connectivity index is 2.06. The Bertz CT molecular complexity index is 429. The summed E-state index contributed by atoms with van der Waals surface area (Å²) >= 11 is 12.0. The van der Waals surface area contributed by atoms with Crippen LogP contribution in [0.2, 0.25) is 10.0 Å². The van der Waals surface area contributed by atoms with Crippen LogP contribution < -0.4 is 5.32 Å². The van der Waals surface area contributed by atoms with Gasteiger partial charge in [-0.3, -0.25) is 0 Å². The van der Waals surface area contributed by atoms with E-state index >= 15 is 0 Å². The number of nitrogens with one attached hydrogen (secondary N) is 1. The molecule has 1 fully saturated rings. The quantitative estimate of drug-likeness (QED) is 0.744. The molecule has 0 aromatic heterocycles. The van der Waals surface area contributed by atoms with Crippen molar-refractivity contribution in [2.75, 3.05) is 5.32 Å². The third-order valence-electron chi connectivity index (χ3n) is 3.68. The molecule has 3 heteroatoms. The molecule has 100 valence electrons. The lowest BCUT2D eigenvalue weighted by Crippen LogP contribution is -2.35. The van der Waals surface area contributed by atoms with Crippen LogP contribution in [0.25, 0.3) is 0 Å². The minimum Gasteiger partial charge on any atom is -0.382 e. The Morgan fingerprint density at radius 1 is 1.17 bits per heavy atom. The molecule has 0 bridgehead atoms. The molecular formula is C15H21Cl2N. The summed E-state index contributed by atoms with van der Waals surface area (Å²) in [5.41, 5.74) is 1.49. The molecule has 0 spiro atoms. The molecule has 0 radical (unpaired) electrons. The maximum atomic E-state index is 6.04. The molecule has 18 heavy (non-hydrogen) atoms. The molecule has 1 nitrogen and oxygen atoms in total. The summed E-state index contributed by atoms with van der Waals surface area (Å²) in [6.07, 6.45) is 3.74. The molecule has 0 heterocycles. The van der Waals surface area contributed by atoms with Crippen LogP contribution >= 0.6 is 23.2 Å². The van der Waals surface area contributed by atoms with Gasteiger partial charge in [0.25, 0.3) is 0 Å². The van der Waals surface area contributed by atoms with Crippen LogP contribution in [0.4, 0.5) is 5.69 Å². The second-order valence-corrected chi connectivity index (χ2v) is 7.20. The lowest BCUT2D eigenvalue weighted by atomic mass is 9.70. The van der Waals surface area contributed by atoms with E-state index in [9.17, 15) is 0 Å². The fraction of sp³-hybridized carbons (Fsp3) is 0.600. The summed E-state index contributed by atoms with van der Waals surface area (Å²) in [6.45, 7) is 7.04. The van der Waals surface area contributed by atoms with Crippen LogP contribution in [0.15, 0.2) is 18.2 Å². The second kappa shape index (κ2) is 5.30. The van der Waals surface area contributed by atoms with E-state index < -0.39 is 0 Å². The van der Waals surface area contributed by atoms with Gasteiger partial charge in [0.2, 0.25) is 0 Å². The average Bonchev–Trinajstić information content (AvgIpc) is 2.20. The first-order valence-corrected chi connectivity index (χ1v) is 7.33. The van der Waals surface area contributed by atoms with Gasteiger partial charge < -0.3 is 5.32 Å². The summed E-state index contributed by atoms with van der Waals surface area (Å²) in [5, 5.41) is 4.82. The van der Waals surface area contributed by atoms with Crippen molar-refractivity contribution in [3.8, 4) is 0 Å². The highest BCUT2D eigenvalue weighted by Gasteiger charge is 2.31. The van der Waals surface area contributed by atoms with E-state index in [2.05, 4.69) is 26.1 Å². The van der Waals surface area contributed by atoms with Gasteiger partial charge in [0, 0.05) is 11.7 Å². The molecule has 1 saturated carbocycles. The van der Waals surface area contributed by atoms with E-state index in [1.165, 1.54) is 19.3 Å². The number of rotatable bonds is 2. The minimum absolute atomic E-state index is 0.422. The number of benzene rings is 1. The predicted molar refractivity (Wildman–Crippen MR) is 80.7 cm³/mol. The van der Waals surface area contributed by atoms with E-state index in [-0.39, 0.29) is 0 Å². The van der Waals surface area contributed by atoms with Crippen LogP contribution in [-0.4, -0.2) is 6.04 Å². The van der Waals surface area contributed by atoms with E-state index in [4.69, 9.17) is 23.2 Å². The number of hydrogen-bond acceptors (Lipinski definition) is 1. The molecule has 2 rings (SSSR count). The Morgan fingerprint density at radius 3 is 2.50 bits per heavy atom. The fourth-order valence-electron chi connectivity index (χ4n) is 3.28. The average molecular weight is 286 g/mol. The number of halogens is 2. The van der Waals surface area contributed by atoms with Crippen molar-refractivity contribution in [2.45, 2.75) is 46.1 Å². The molecule has 2 unspecified atom stereocenters. The van der Waals surface area contributed by atoms with E-state index in [1.54, 1.807) is 0 Å². The Kier molecular flexibility index (Phi) is 4.13. The Hall–Kier alpha value is -0.400. The van der Waals surface area contributed by atoms with Crippen molar-refractivity contribution in [2.24, 2.45) is 11.3 Å². The lowest BCUT2D eigenvalue weighted by Gasteiger charge is -2.39. The van der Waals surface area contributed by atoms with Crippen molar-refractivity contribution >= 4 is 28.9 Å². The number of anilines is 1. The van der Waals surface area contributed by atoms with Crippen LogP contribution in [0.1, 0.15) is 40.0 Å². The van der Waals surface area contributed by atoms with Crippen molar-refractivity contribution < 1.29 is 0 Å². The smallest absolute Gasteiger partial charge is 0.0612 e. The molecule has 0 amide bonds. The first-order valence-electron chi connectivity index (χ1n) is 6.57. The maximum absolute atomic E-state index is 6.04. The molecule has 1 N–H and O–H groups in total. The van der Waals surface area contributed by atoms with Crippen LogP contribution in [0.3, 0.4) is 0 Å². The van der Waals surface area contributed by atoms with Crippen LogP contribution in [0, 0.1) is 11.3 Å². The van der Waals surface area contributed by atoms with Gasteiger partial charge in [0.1, 0.15) is 0 Å². The largest absolute Gasteiger partial charge is 0.382 e.